The van der Waals surface area contributed by atoms with E-state index in [0.29, 0.717) is 42.6 Å². The van der Waals surface area contributed by atoms with Crippen molar-refractivity contribution < 1.29 is 13.2 Å². The Morgan fingerprint density at radius 1 is 1.03 bits per heavy atom. The molecule has 2 aromatic rings. The number of piperazine rings is 1. The quantitative estimate of drug-likeness (QED) is 0.300. The van der Waals surface area contributed by atoms with Crippen LogP contribution < -0.4 is 15.4 Å². The van der Waals surface area contributed by atoms with Gasteiger partial charge in [0.05, 0.1) is 12.0 Å². The number of halogens is 1. The van der Waals surface area contributed by atoms with Gasteiger partial charge < -0.3 is 20.3 Å². The molecule has 3 rings (SSSR count). The molecule has 0 atom stereocenters. The fraction of sp³-hybridized carbons (Fsp3) is 0.409. The van der Waals surface area contributed by atoms with Crippen LogP contribution in [0.4, 0.5) is 0 Å². The third-order valence-electron chi connectivity index (χ3n) is 5.32. The number of nitrogens with zero attached hydrogens (tertiary/aromatic N) is 3. The van der Waals surface area contributed by atoms with Crippen LogP contribution in [0.3, 0.4) is 0 Å². The zero-order chi connectivity index (χ0) is 22.3. The number of hydrogen-bond donors (Lipinski definition) is 2. The Labute approximate surface area is 208 Å². The Balaban J connectivity index is 0.00000363. The van der Waals surface area contributed by atoms with Crippen molar-refractivity contribution in [1.82, 2.24) is 19.8 Å². The average Bonchev–Trinajstić information content (AvgIpc) is 2.80. The highest BCUT2D eigenvalue weighted by atomic mass is 127. The molecule has 8 nitrogen and oxygen atoms in total. The largest absolute Gasteiger partial charge is 0.497 e. The van der Waals surface area contributed by atoms with Crippen LogP contribution in [0.1, 0.15) is 11.1 Å². The van der Waals surface area contributed by atoms with Crippen LogP contribution in [-0.4, -0.2) is 71.0 Å². The number of methoxy groups -OCH3 is 1. The highest BCUT2D eigenvalue weighted by Crippen LogP contribution is 2.21. The van der Waals surface area contributed by atoms with Gasteiger partial charge in [-0.3, -0.25) is 4.99 Å². The summed E-state index contributed by atoms with van der Waals surface area (Å²) in [6.45, 7) is 3.40. The number of likely N-dealkylation sites (N-methyl/N-ethyl adjacent to an activating group) is 1. The average molecular weight is 574 g/mol. The number of ether oxygens (including phenoxy) is 1. The van der Waals surface area contributed by atoms with Crippen molar-refractivity contribution in [3.8, 4) is 5.75 Å². The predicted octanol–water partition coefficient (Wildman–Crippen LogP) is 2.11. The number of benzene rings is 2. The molecule has 1 aliphatic heterocycles. The molecule has 1 aliphatic rings. The summed E-state index contributed by atoms with van der Waals surface area (Å²) in [5.74, 6) is 1.39. The monoisotopic (exact) mass is 573 g/mol. The zero-order valence-electron chi connectivity index (χ0n) is 18.7. The molecule has 0 aliphatic carbocycles. The van der Waals surface area contributed by atoms with Crippen LogP contribution in [-0.2, 0) is 23.1 Å². The lowest BCUT2D eigenvalue weighted by Crippen LogP contribution is -2.47. The molecule has 2 N–H and O–H groups in total. The van der Waals surface area contributed by atoms with Crippen molar-refractivity contribution in [3.05, 3.63) is 59.7 Å². The summed E-state index contributed by atoms with van der Waals surface area (Å²) < 4.78 is 33.3. The molecule has 176 valence electrons. The number of aliphatic imine (C=N–C) groups is 1. The molecule has 0 radical (unpaired) electrons. The van der Waals surface area contributed by atoms with E-state index in [1.807, 2.05) is 43.4 Å². The summed E-state index contributed by atoms with van der Waals surface area (Å²) in [4.78, 5) is 6.73. The van der Waals surface area contributed by atoms with Gasteiger partial charge >= 0.3 is 0 Å². The molecule has 0 aromatic heterocycles. The predicted molar refractivity (Wildman–Crippen MR) is 138 cm³/mol. The Morgan fingerprint density at radius 3 is 2.41 bits per heavy atom. The summed E-state index contributed by atoms with van der Waals surface area (Å²) in [7, 11) is 1.79. The van der Waals surface area contributed by atoms with Crippen molar-refractivity contribution >= 4 is 40.0 Å². The summed E-state index contributed by atoms with van der Waals surface area (Å²) >= 11 is 0. The maximum Gasteiger partial charge on any atom is 0.243 e. The number of hydrogen-bond acceptors (Lipinski definition) is 5. The van der Waals surface area contributed by atoms with E-state index in [1.165, 1.54) is 0 Å². The van der Waals surface area contributed by atoms with Crippen LogP contribution in [0.5, 0.6) is 5.75 Å². The van der Waals surface area contributed by atoms with Gasteiger partial charge in [0.15, 0.2) is 5.96 Å². The smallest absolute Gasteiger partial charge is 0.243 e. The lowest BCUT2D eigenvalue weighted by molar-refractivity contribution is 0.222. The van der Waals surface area contributed by atoms with Gasteiger partial charge in [-0.25, -0.2) is 8.42 Å². The van der Waals surface area contributed by atoms with Crippen molar-refractivity contribution in [2.24, 2.45) is 4.99 Å². The SMILES string of the molecule is CN=C(NCc1cccc(OC)c1)NCc1ccccc1S(=O)(=O)N1CCN(C)CC1.I. The molecule has 0 amide bonds. The molecule has 0 spiro atoms. The highest BCUT2D eigenvalue weighted by molar-refractivity contribution is 14.0. The van der Waals surface area contributed by atoms with E-state index < -0.39 is 10.0 Å². The summed E-state index contributed by atoms with van der Waals surface area (Å²) in [5, 5.41) is 6.48. The van der Waals surface area contributed by atoms with E-state index in [9.17, 15) is 8.42 Å². The Kier molecular flexibility index (Phi) is 10.2. The summed E-state index contributed by atoms with van der Waals surface area (Å²) in [5.41, 5.74) is 1.77. The molecule has 1 fully saturated rings. The van der Waals surface area contributed by atoms with Gasteiger partial charge in [-0.05, 0) is 36.4 Å². The van der Waals surface area contributed by atoms with E-state index >= 15 is 0 Å². The number of rotatable bonds is 7. The fourth-order valence-electron chi connectivity index (χ4n) is 3.44. The Hall–Kier alpha value is -1.89. The molecule has 1 saturated heterocycles. The van der Waals surface area contributed by atoms with Gasteiger partial charge in [-0.2, -0.15) is 4.31 Å². The van der Waals surface area contributed by atoms with E-state index in [0.717, 1.165) is 24.4 Å². The minimum atomic E-state index is -3.54. The first kappa shape index (κ1) is 26.4. The van der Waals surface area contributed by atoms with Gasteiger partial charge in [0, 0.05) is 46.3 Å². The molecule has 1 heterocycles. The van der Waals surface area contributed by atoms with Gasteiger partial charge in [0.25, 0.3) is 0 Å². The maximum absolute atomic E-state index is 13.2. The van der Waals surface area contributed by atoms with E-state index in [2.05, 4.69) is 20.5 Å². The second-order valence-corrected chi connectivity index (χ2v) is 9.35. The number of sulfonamides is 1. The molecule has 10 heteroatoms. The lowest BCUT2D eigenvalue weighted by Gasteiger charge is -2.32. The van der Waals surface area contributed by atoms with Crippen molar-refractivity contribution in [3.63, 3.8) is 0 Å². The number of guanidine groups is 1. The number of nitrogens with one attached hydrogen (secondary N) is 2. The molecule has 2 aromatic carbocycles. The first-order chi connectivity index (χ1) is 14.9. The standard InChI is InChI=1S/C22H31N5O3S.HI/c1-23-22(24-16-18-7-6-9-20(15-18)30-3)25-17-19-8-4-5-10-21(19)31(28,29)27-13-11-26(2)12-14-27;/h4-10,15H,11-14,16-17H2,1-3H3,(H2,23,24,25);1H. The minimum absolute atomic E-state index is 0. The third kappa shape index (κ3) is 6.80. The first-order valence-corrected chi connectivity index (χ1v) is 11.7. The van der Waals surface area contributed by atoms with Crippen LogP contribution >= 0.6 is 24.0 Å². The summed E-state index contributed by atoms with van der Waals surface area (Å²) in [6.07, 6.45) is 0. The fourth-order valence-corrected chi connectivity index (χ4v) is 5.08. The van der Waals surface area contributed by atoms with E-state index in [-0.39, 0.29) is 24.0 Å². The zero-order valence-corrected chi connectivity index (χ0v) is 21.9. The second-order valence-electron chi connectivity index (χ2n) is 7.45. The topological polar surface area (TPSA) is 86.3 Å². The molecule has 32 heavy (non-hydrogen) atoms. The molecule has 0 unspecified atom stereocenters. The molecular weight excluding hydrogens is 541 g/mol. The van der Waals surface area contributed by atoms with Gasteiger partial charge in [-0.1, -0.05) is 30.3 Å². The lowest BCUT2D eigenvalue weighted by atomic mass is 10.2. The van der Waals surface area contributed by atoms with Crippen LogP contribution in [0.15, 0.2) is 58.4 Å². The minimum Gasteiger partial charge on any atom is -0.497 e. The third-order valence-corrected chi connectivity index (χ3v) is 7.32. The van der Waals surface area contributed by atoms with Crippen LogP contribution in [0, 0.1) is 0 Å². The van der Waals surface area contributed by atoms with E-state index in [4.69, 9.17) is 4.74 Å². The normalized spacial score (nSPS) is 15.7. The molecular formula is C22H32IN5O3S. The van der Waals surface area contributed by atoms with Crippen LogP contribution in [0.2, 0.25) is 0 Å². The highest BCUT2D eigenvalue weighted by Gasteiger charge is 2.29. The first-order valence-electron chi connectivity index (χ1n) is 10.3. The Bertz CT molecular complexity index is 1010. The van der Waals surface area contributed by atoms with Crippen LogP contribution in [0.25, 0.3) is 0 Å². The van der Waals surface area contributed by atoms with Gasteiger partial charge in [0.1, 0.15) is 5.75 Å². The Morgan fingerprint density at radius 2 is 1.72 bits per heavy atom. The molecule has 0 saturated carbocycles. The van der Waals surface area contributed by atoms with E-state index in [1.54, 1.807) is 30.6 Å². The molecule has 0 bridgehead atoms. The van der Waals surface area contributed by atoms with Crippen molar-refractivity contribution in [2.75, 3.05) is 47.4 Å². The van der Waals surface area contributed by atoms with Crippen molar-refractivity contribution in [1.29, 1.82) is 0 Å². The van der Waals surface area contributed by atoms with Crippen molar-refractivity contribution in [2.45, 2.75) is 18.0 Å². The second kappa shape index (κ2) is 12.4. The van der Waals surface area contributed by atoms with Gasteiger partial charge in [-0.15, -0.1) is 24.0 Å². The van der Waals surface area contributed by atoms with Gasteiger partial charge in [0.2, 0.25) is 10.0 Å². The summed E-state index contributed by atoms with van der Waals surface area (Å²) in [6, 6.07) is 14.9. The maximum atomic E-state index is 13.2.